The van der Waals surface area contributed by atoms with Gasteiger partial charge in [0.05, 0.1) is 16.6 Å². The van der Waals surface area contributed by atoms with Gasteiger partial charge in [-0.3, -0.25) is 0 Å². The van der Waals surface area contributed by atoms with E-state index in [9.17, 15) is 0 Å². The average molecular weight is 653 g/mol. The highest BCUT2D eigenvalue weighted by Gasteiger charge is 2.19. The van der Waals surface area contributed by atoms with Gasteiger partial charge in [0.2, 0.25) is 0 Å². The van der Waals surface area contributed by atoms with Gasteiger partial charge < -0.3 is 4.42 Å². The zero-order chi connectivity index (χ0) is 33.7. The summed E-state index contributed by atoms with van der Waals surface area (Å²) in [6, 6.07) is 58.0. The first-order valence-electron chi connectivity index (χ1n) is 17.0. The molecule has 5 nitrogen and oxygen atoms in total. The van der Waals surface area contributed by atoms with Crippen molar-refractivity contribution < 1.29 is 4.42 Å². The lowest BCUT2D eigenvalue weighted by atomic mass is 9.99. The summed E-state index contributed by atoms with van der Waals surface area (Å²) in [5, 5.41) is 5.29. The van der Waals surface area contributed by atoms with E-state index in [1.54, 1.807) is 0 Å². The van der Waals surface area contributed by atoms with Crippen LogP contribution >= 0.6 is 0 Å². The van der Waals surface area contributed by atoms with E-state index in [0.717, 1.165) is 77.1 Å². The van der Waals surface area contributed by atoms with Gasteiger partial charge in [0.1, 0.15) is 11.2 Å². The maximum absolute atomic E-state index is 6.55. The quantitative estimate of drug-likeness (QED) is 0.173. The molecule has 3 heterocycles. The van der Waals surface area contributed by atoms with Crippen LogP contribution in [-0.4, -0.2) is 19.9 Å². The van der Waals surface area contributed by atoms with Crippen LogP contribution in [0.4, 0.5) is 0 Å². The lowest BCUT2D eigenvalue weighted by molar-refractivity contribution is 0.672. The Morgan fingerprint density at radius 3 is 1.49 bits per heavy atom. The first-order chi connectivity index (χ1) is 25.3. The van der Waals surface area contributed by atoms with E-state index < -0.39 is 0 Å². The summed E-state index contributed by atoms with van der Waals surface area (Å²) < 4.78 is 6.55. The van der Waals surface area contributed by atoms with Crippen molar-refractivity contribution in [1.29, 1.82) is 0 Å². The summed E-state index contributed by atoms with van der Waals surface area (Å²) in [6.45, 7) is 0. The molecule has 0 atom stereocenters. The van der Waals surface area contributed by atoms with Crippen molar-refractivity contribution in [1.82, 2.24) is 19.9 Å². The van der Waals surface area contributed by atoms with Crippen molar-refractivity contribution in [3.8, 4) is 56.5 Å². The van der Waals surface area contributed by atoms with E-state index >= 15 is 0 Å². The van der Waals surface area contributed by atoms with Crippen LogP contribution in [0.3, 0.4) is 0 Å². The number of hydrogen-bond donors (Lipinski definition) is 0. The standard InChI is InChI=1S/C46H28N4O/c1-3-11-29(12-4-1)30-19-23-34(24-20-30)45-48-44(33-14-5-2-6-15-33)49-46(50-45)35-25-21-32(22-26-35)41-40-37-17-9-10-18-39(37)51-43(40)38-28-27-31-13-7-8-16-36(31)42(38)47-41/h1-28H. The van der Waals surface area contributed by atoms with Crippen molar-refractivity contribution in [3.63, 3.8) is 0 Å². The number of rotatable bonds is 5. The minimum atomic E-state index is 0.605. The van der Waals surface area contributed by atoms with Crippen LogP contribution in [0.1, 0.15) is 0 Å². The molecular weight excluding hydrogens is 625 g/mol. The van der Waals surface area contributed by atoms with Crippen LogP contribution in [0.25, 0.3) is 100 Å². The molecule has 3 aromatic heterocycles. The van der Waals surface area contributed by atoms with Crippen LogP contribution in [-0.2, 0) is 0 Å². The molecule has 0 N–H and O–H groups in total. The molecule has 10 rings (SSSR count). The smallest absolute Gasteiger partial charge is 0.164 e. The van der Waals surface area contributed by atoms with Gasteiger partial charge in [-0.1, -0.05) is 158 Å². The second-order valence-electron chi connectivity index (χ2n) is 12.6. The largest absolute Gasteiger partial charge is 0.455 e. The third kappa shape index (κ3) is 5.03. The Hall–Kier alpha value is -6.98. The monoisotopic (exact) mass is 652 g/mol. The van der Waals surface area contributed by atoms with Crippen LogP contribution in [0.15, 0.2) is 174 Å². The molecule has 0 aliphatic carbocycles. The Labute approximate surface area is 293 Å². The first kappa shape index (κ1) is 29.0. The molecule has 0 aliphatic heterocycles. The maximum Gasteiger partial charge on any atom is 0.164 e. The van der Waals surface area contributed by atoms with Crippen LogP contribution in [0.5, 0.6) is 0 Å². The van der Waals surface area contributed by atoms with Gasteiger partial charge in [-0.2, -0.15) is 0 Å². The van der Waals surface area contributed by atoms with E-state index in [1.807, 2.05) is 54.6 Å². The maximum atomic E-state index is 6.55. The predicted octanol–water partition coefficient (Wildman–Crippen LogP) is 11.8. The minimum absolute atomic E-state index is 0.605. The van der Waals surface area contributed by atoms with Gasteiger partial charge in [-0.05, 0) is 28.6 Å². The SMILES string of the molecule is c1ccc(-c2ccc(-c3nc(-c4ccccc4)nc(-c4ccc(-c5nc6c7ccccc7ccc6c6oc7ccccc7c56)cc4)n3)cc2)cc1. The molecule has 0 fully saturated rings. The van der Waals surface area contributed by atoms with Gasteiger partial charge >= 0.3 is 0 Å². The number of aromatic nitrogens is 4. The summed E-state index contributed by atoms with van der Waals surface area (Å²) in [5.74, 6) is 1.85. The molecule has 10 aromatic rings. The van der Waals surface area contributed by atoms with E-state index in [1.165, 1.54) is 5.56 Å². The third-order valence-electron chi connectivity index (χ3n) is 9.54. The van der Waals surface area contributed by atoms with Crippen molar-refractivity contribution in [2.24, 2.45) is 0 Å². The molecule has 0 bridgehead atoms. The summed E-state index contributed by atoms with van der Waals surface area (Å²) in [5.41, 5.74) is 9.53. The molecule has 7 aromatic carbocycles. The Morgan fingerprint density at radius 1 is 0.333 bits per heavy atom. The van der Waals surface area contributed by atoms with Crippen LogP contribution in [0, 0.1) is 0 Å². The van der Waals surface area contributed by atoms with Crippen LogP contribution < -0.4 is 0 Å². The second kappa shape index (κ2) is 11.9. The van der Waals surface area contributed by atoms with Gasteiger partial charge in [0.25, 0.3) is 0 Å². The fraction of sp³-hybridized carbons (Fsp3) is 0. The number of pyridine rings is 1. The lowest BCUT2D eigenvalue weighted by Crippen LogP contribution is -2.00. The summed E-state index contributed by atoms with van der Waals surface area (Å²) in [6.07, 6.45) is 0. The topological polar surface area (TPSA) is 64.7 Å². The Bertz CT molecular complexity index is 2880. The molecule has 0 aliphatic rings. The van der Waals surface area contributed by atoms with Gasteiger partial charge in [-0.25, -0.2) is 19.9 Å². The van der Waals surface area contributed by atoms with E-state index in [-0.39, 0.29) is 0 Å². The summed E-state index contributed by atoms with van der Waals surface area (Å²) in [7, 11) is 0. The van der Waals surface area contributed by atoms with Crippen molar-refractivity contribution >= 4 is 43.6 Å². The third-order valence-corrected chi connectivity index (χ3v) is 9.54. The molecule has 0 unspecified atom stereocenters. The van der Waals surface area contributed by atoms with E-state index in [0.29, 0.717) is 17.5 Å². The molecule has 0 amide bonds. The Balaban J connectivity index is 1.11. The first-order valence-corrected chi connectivity index (χ1v) is 17.0. The van der Waals surface area contributed by atoms with Gasteiger partial charge in [0.15, 0.2) is 17.5 Å². The Kier molecular flexibility index (Phi) is 6.74. The van der Waals surface area contributed by atoms with Gasteiger partial charge in [-0.15, -0.1) is 0 Å². The highest BCUT2D eigenvalue weighted by molar-refractivity contribution is 6.22. The number of hydrogen-bond acceptors (Lipinski definition) is 5. The van der Waals surface area contributed by atoms with E-state index in [4.69, 9.17) is 24.4 Å². The lowest BCUT2D eigenvalue weighted by Gasteiger charge is -2.11. The van der Waals surface area contributed by atoms with E-state index in [2.05, 4.69) is 115 Å². The molecule has 0 saturated heterocycles. The molecule has 5 heteroatoms. The van der Waals surface area contributed by atoms with Crippen molar-refractivity contribution in [3.05, 3.63) is 170 Å². The fourth-order valence-electron chi connectivity index (χ4n) is 6.98. The second-order valence-corrected chi connectivity index (χ2v) is 12.6. The van der Waals surface area contributed by atoms with Crippen LogP contribution in [0.2, 0.25) is 0 Å². The average Bonchev–Trinajstić information content (AvgIpc) is 3.61. The summed E-state index contributed by atoms with van der Waals surface area (Å²) >= 11 is 0. The number of para-hydroxylation sites is 1. The van der Waals surface area contributed by atoms with Gasteiger partial charge in [0, 0.05) is 38.4 Å². The molecule has 51 heavy (non-hydrogen) atoms. The zero-order valence-electron chi connectivity index (χ0n) is 27.4. The van der Waals surface area contributed by atoms with Crippen molar-refractivity contribution in [2.45, 2.75) is 0 Å². The zero-order valence-corrected chi connectivity index (χ0v) is 27.4. The number of benzene rings is 7. The summed E-state index contributed by atoms with van der Waals surface area (Å²) in [4.78, 5) is 20.3. The van der Waals surface area contributed by atoms with Crippen molar-refractivity contribution in [2.75, 3.05) is 0 Å². The number of nitrogens with zero attached hydrogens (tertiary/aromatic N) is 4. The highest BCUT2D eigenvalue weighted by Crippen LogP contribution is 2.41. The highest BCUT2D eigenvalue weighted by atomic mass is 16.3. The Morgan fingerprint density at radius 2 is 0.824 bits per heavy atom. The normalized spacial score (nSPS) is 11.5. The molecule has 0 radical (unpaired) electrons. The molecule has 0 spiro atoms. The number of furan rings is 1. The predicted molar refractivity (Wildman–Crippen MR) is 207 cm³/mol. The minimum Gasteiger partial charge on any atom is -0.455 e. The number of fused-ring (bicyclic) bond motifs is 7. The fourth-order valence-corrected chi connectivity index (χ4v) is 6.98. The molecule has 238 valence electrons. The molecular formula is C46H28N4O. The molecule has 0 saturated carbocycles.